The number of carboxylic acid groups (broad SMARTS) is 1. The van der Waals surface area contributed by atoms with E-state index in [1.165, 1.54) is 4.90 Å². The van der Waals surface area contributed by atoms with E-state index < -0.39 is 18.0 Å². The molecule has 1 saturated heterocycles. The smallest absolute Gasteiger partial charge is 0.328 e. The van der Waals surface area contributed by atoms with Gasteiger partial charge in [-0.05, 0) is 14.1 Å². The zero-order valence-electron chi connectivity index (χ0n) is 11.4. The topological polar surface area (TPSA) is 93.2 Å². The number of amides is 3. The maximum atomic E-state index is 12.2. The first-order chi connectivity index (χ1) is 8.82. The fourth-order valence-corrected chi connectivity index (χ4v) is 1.73. The van der Waals surface area contributed by atoms with E-state index in [1.54, 1.807) is 7.05 Å². The van der Waals surface area contributed by atoms with E-state index in [2.05, 4.69) is 5.32 Å². The number of aliphatic carboxylic acids is 1. The van der Waals surface area contributed by atoms with Crippen LogP contribution in [-0.4, -0.2) is 91.1 Å². The number of hydrogen-bond donors (Lipinski definition) is 2. The number of piperazine rings is 1. The van der Waals surface area contributed by atoms with Crippen molar-refractivity contribution in [2.75, 3.05) is 47.3 Å². The van der Waals surface area contributed by atoms with Crippen molar-refractivity contribution < 1.29 is 19.5 Å². The van der Waals surface area contributed by atoms with Gasteiger partial charge in [-0.3, -0.25) is 9.69 Å². The summed E-state index contributed by atoms with van der Waals surface area (Å²) in [7, 11) is 5.36. The second-order valence-electron chi connectivity index (χ2n) is 4.79. The van der Waals surface area contributed by atoms with Crippen molar-refractivity contribution >= 4 is 17.9 Å². The van der Waals surface area contributed by atoms with Crippen molar-refractivity contribution in [3.05, 3.63) is 0 Å². The van der Waals surface area contributed by atoms with Crippen LogP contribution >= 0.6 is 0 Å². The highest BCUT2D eigenvalue weighted by Gasteiger charge is 2.36. The van der Waals surface area contributed by atoms with Crippen LogP contribution in [-0.2, 0) is 9.59 Å². The van der Waals surface area contributed by atoms with E-state index in [0.717, 1.165) is 4.90 Å². The van der Waals surface area contributed by atoms with Crippen LogP contribution in [0.25, 0.3) is 0 Å². The number of carboxylic acids is 1. The Hall–Kier alpha value is -1.83. The van der Waals surface area contributed by atoms with Gasteiger partial charge in [-0.1, -0.05) is 0 Å². The molecule has 0 bridgehead atoms. The number of carbonyl (C=O) groups is 3. The van der Waals surface area contributed by atoms with Crippen LogP contribution in [0.15, 0.2) is 0 Å². The molecule has 3 amide bonds. The van der Waals surface area contributed by atoms with Gasteiger partial charge < -0.3 is 20.2 Å². The molecule has 1 atom stereocenters. The van der Waals surface area contributed by atoms with Gasteiger partial charge in [0.25, 0.3) is 0 Å². The van der Waals surface area contributed by atoms with Crippen LogP contribution < -0.4 is 5.32 Å². The Balaban J connectivity index is 2.70. The lowest BCUT2D eigenvalue weighted by atomic mass is 10.2. The number of urea groups is 1. The molecule has 19 heavy (non-hydrogen) atoms. The Morgan fingerprint density at radius 1 is 1.37 bits per heavy atom. The summed E-state index contributed by atoms with van der Waals surface area (Å²) < 4.78 is 0. The van der Waals surface area contributed by atoms with Crippen molar-refractivity contribution in [1.82, 2.24) is 20.0 Å². The molecule has 1 aliphatic heterocycles. The van der Waals surface area contributed by atoms with Gasteiger partial charge in [0.05, 0.1) is 0 Å². The molecule has 1 rings (SSSR count). The van der Waals surface area contributed by atoms with Crippen LogP contribution in [0.2, 0.25) is 0 Å². The van der Waals surface area contributed by atoms with Crippen molar-refractivity contribution in [3.63, 3.8) is 0 Å². The summed E-state index contributed by atoms with van der Waals surface area (Å²) in [4.78, 5) is 39.0. The van der Waals surface area contributed by atoms with E-state index in [0.29, 0.717) is 13.1 Å². The maximum absolute atomic E-state index is 12.2. The minimum atomic E-state index is -1.12. The van der Waals surface area contributed by atoms with Gasteiger partial charge in [0.2, 0.25) is 5.91 Å². The molecule has 1 fully saturated rings. The van der Waals surface area contributed by atoms with Crippen LogP contribution in [0.5, 0.6) is 0 Å². The first-order valence-electron chi connectivity index (χ1n) is 5.99. The number of nitrogens with one attached hydrogen (secondary N) is 1. The predicted molar refractivity (Wildman–Crippen MR) is 67.7 cm³/mol. The van der Waals surface area contributed by atoms with Gasteiger partial charge in [-0.15, -0.1) is 0 Å². The van der Waals surface area contributed by atoms with Gasteiger partial charge in [0, 0.05) is 26.7 Å². The minimum absolute atomic E-state index is 0.0541. The highest BCUT2D eigenvalue weighted by Crippen LogP contribution is 2.08. The molecule has 1 heterocycles. The third-order valence-electron chi connectivity index (χ3n) is 2.92. The Morgan fingerprint density at radius 2 is 2.00 bits per heavy atom. The van der Waals surface area contributed by atoms with Crippen molar-refractivity contribution in [1.29, 1.82) is 0 Å². The molecular formula is C11H20N4O4. The molecule has 8 nitrogen and oxygen atoms in total. The lowest BCUT2D eigenvalue weighted by Gasteiger charge is -2.35. The SMILES string of the molecule is CN(C)CCN(C)C(=O)N1CC(=O)NCC1C(=O)O. The van der Waals surface area contributed by atoms with E-state index in [4.69, 9.17) is 5.11 Å². The highest BCUT2D eigenvalue weighted by molar-refractivity contribution is 5.90. The summed E-state index contributed by atoms with van der Waals surface area (Å²) in [6.07, 6.45) is 0. The molecule has 0 aromatic rings. The maximum Gasteiger partial charge on any atom is 0.328 e. The summed E-state index contributed by atoms with van der Waals surface area (Å²) in [6, 6.07) is -1.45. The summed E-state index contributed by atoms with van der Waals surface area (Å²) in [5, 5.41) is 11.5. The van der Waals surface area contributed by atoms with Crippen molar-refractivity contribution in [2.45, 2.75) is 6.04 Å². The largest absolute Gasteiger partial charge is 0.480 e. The molecule has 0 aromatic heterocycles. The van der Waals surface area contributed by atoms with E-state index >= 15 is 0 Å². The van der Waals surface area contributed by atoms with E-state index in [-0.39, 0.29) is 19.0 Å². The zero-order chi connectivity index (χ0) is 14.6. The fourth-order valence-electron chi connectivity index (χ4n) is 1.73. The predicted octanol–water partition coefficient (Wildman–Crippen LogP) is -1.52. The summed E-state index contributed by atoms with van der Waals surface area (Å²) in [5.41, 5.74) is 0. The minimum Gasteiger partial charge on any atom is -0.480 e. The van der Waals surface area contributed by atoms with Crippen LogP contribution in [0, 0.1) is 0 Å². The summed E-state index contributed by atoms with van der Waals surface area (Å²) in [6.45, 7) is 0.861. The van der Waals surface area contributed by atoms with Crippen LogP contribution in [0.4, 0.5) is 4.79 Å². The van der Waals surface area contributed by atoms with E-state index in [1.807, 2.05) is 19.0 Å². The first-order valence-corrected chi connectivity index (χ1v) is 5.99. The van der Waals surface area contributed by atoms with Crippen LogP contribution in [0.1, 0.15) is 0 Å². The molecule has 8 heteroatoms. The Kier molecular flexibility index (Phi) is 5.11. The van der Waals surface area contributed by atoms with Gasteiger partial charge in [0.1, 0.15) is 12.6 Å². The average molecular weight is 272 g/mol. The van der Waals surface area contributed by atoms with Gasteiger partial charge in [-0.2, -0.15) is 0 Å². The normalized spacial score (nSPS) is 19.3. The second-order valence-corrected chi connectivity index (χ2v) is 4.79. The molecule has 108 valence electrons. The number of likely N-dealkylation sites (N-methyl/N-ethyl adjacent to an activating group) is 2. The van der Waals surface area contributed by atoms with Gasteiger partial charge in [-0.25, -0.2) is 9.59 Å². The standard InChI is InChI=1S/C11H20N4O4/c1-13(2)4-5-14(3)11(19)15-7-9(16)12-6-8(15)10(17)18/h8H,4-7H2,1-3H3,(H,12,16)(H,17,18). The Labute approximate surface area is 111 Å². The Bertz CT molecular complexity index is 372. The summed E-state index contributed by atoms with van der Waals surface area (Å²) in [5.74, 6) is -1.46. The third kappa shape index (κ3) is 4.09. The molecule has 0 spiro atoms. The summed E-state index contributed by atoms with van der Waals surface area (Å²) >= 11 is 0. The van der Waals surface area contributed by atoms with Crippen molar-refractivity contribution in [3.8, 4) is 0 Å². The van der Waals surface area contributed by atoms with E-state index in [9.17, 15) is 14.4 Å². The number of rotatable bonds is 4. The Morgan fingerprint density at radius 3 is 2.53 bits per heavy atom. The molecule has 1 unspecified atom stereocenters. The molecular weight excluding hydrogens is 252 g/mol. The monoisotopic (exact) mass is 272 g/mol. The fraction of sp³-hybridized carbons (Fsp3) is 0.727. The molecule has 0 saturated carbocycles. The molecule has 2 N–H and O–H groups in total. The lowest BCUT2D eigenvalue weighted by Crippen LogP contribution is -2.61. The van der Waals surface area contributed by atoms with Gasteiger partial charge in [0.15, 0.2) is 0 Å². The highest BCUT2D eigenvalue weighted by atomic mass is 16.4. The molecule has 1 aliphatic rings. The zero-order valence-corrected chi connectivity index (χ0v) is 11.4. The number of nitrogens with zero attached hydrogens (tertiary/aromatic N) is 3. The lowest BCUT2D eigenvalue weighted by molar-refractivity contribution is -0.144. The molecule has 0 radical (unpaired) electrons. The number of hydrogen-bond acceptors (Lipinski definition) is 4. The van der Waals surface area contributed by atoms with Crippen molar-refractivity contribution in [2.24, 2.45) is 0 Å². The van der Waals surface area contributed by atoms with Crippen LogP contribution in [0.3, 0.4) is 0 Å². The first kappa shape index (κ1) is 15.2. The molecule has 0 aromatic carbocycles. The quantitative estimate of drug-likeness (QED) is 0.648. The molecule has 0 aliphatic carbocycles. The average Bonchev–Trinajstić information content (AvgIpc) is 2.34. The van der Waals surface area contributed by atoms with Gasteiger partial charge >= 0.3 is 12.0 Å². The number of carbonyl (C=O) groups excluding carboxylic acids is 2. The second kappa shape index (κ2) is 6.37. The third-order valence-corrected chi connectivity index (χ3v) is 2.92.